The zero-order chi connectivity index (χ0) is 12.4. The van der Waals surface area contributed by atoms with Crippen molar-refractivity contribution in [2.24, 2.45) is 5.92 Å². The van der Waals surface area contributed by atoms with Crippen LogP contribution in [-0.2, 0) is 16.1 Å². The Balaban J connectivity index is 1.95. The Labute approximate surface area is 97.4 Å². The minimum absolute atomic E-state index is 0.131. The summed E-state index contributed by atoms with van der Waals surface area (Å²) >= 11 is 0. The summed E-state index contributed by atoms with van der Waals surface area (Å²) in [5.74, 6) is -0.816. The first kappa shape index (κ1) is 11.7. The Hall–Kier alpha value is -1.76. The molecule has 7 heteroatoms. The second-order valence-corrected chi connectivity index (χ2v) is 3.92. The summed E-state index contributed by atoms with van der Waals surface area (Å²) in [6.45, 7) is 2.36. The van der Waals surface area contributed by atoms with Crippen LogP contribution in [0.4, 0.5) is 0 Å². The Morgan fingerprint density at radius 2 is 2.47 bits per heavy atom. The number of esters is 1. The van der Waals surface area contributed by atoms with Gasteiger partial charge in [0, 0.05) is 18.9 Å². The quantitative estimate of drug-likeness (QED) is 0.705. The third-order valence-electron chi connectivity index (χ3n) is 2.68. The molecule has 1 aromatic rings. The molecule has 2 unspecified atom stereocenters. The number of carbonyl (C=O) groups excluding carboxylic acids is 2. The lowest BCUT2D eigenvalue weighted by Gasteiger charge is -2.30. The van der Waals surface area contributed by atoms with E-state index in [1.807, 2.05) is 0 Å². The molecule has 1 aromatic heterocycles. The van der Waals surface area contributed by atoms with Crippen LogP contribution in [0, 0.1) is 5.92 Å². The molecule has 0 aliphatic heterocycles. The molecule has 2 rings (SSSR count). The van der Waals surface area contributed by atoms with Crippen molar-refractivity contribution >= 4 is 11.8 Å². The van der Waals surface area contributed by atoms with Gasteiger partial charge in [-0.1, -0.05) is 5.21 Å². The summed E-state index contributed by atoms with van der Waals surface area (Å²) in [4.78, 5) is 22.2. The molecule has 1 saturated carbocycles. The number of ketones is 1. The van der Waals surface area contributed by atoms with Crippen LogP contribution in [0.1, 0.15) is 23.8 Å². The molecule has 2 atom stereocenters. The average Bonchev–Trinajstić information content (AvgIpc) is 2.77. The number of ether oxygens (including phenoxy) is 1. The van der Waals surface area contributed by atoms with E-state index in [0.717, 1.165) is 0 Å². The standard InChI is InChI=1S/C10H13N3O4/c1-2-17-10(16)7-5-13(12-11-7)4-6-3-8(14)9(6)15/h5-6,9,15H,2-4H2,1H3. The van der Waals surface area contributed by atoms with Gasteiger partial charge in [0.15, 0.2) is 11.5 Å². The van der Waals surface area contributed by atoms with Crippen molar-refractivity contribution in [1.29, 1.82) is 0 Å². The van der Waals surface area contributed by atoms with Crippen molar-refractivity contribution in [1.82, 2.24) is 15.0 Å². The zero-order valence-corrected chi connectivity index (χ0v) is 9.37. The number of aliphatic hydroxyl groups excluding tert-OH is 1. The molecule has 17 heavy (non-hydrogen) atoms. The minimum Gasteiger partial charge on any atom is -0.461 e. The molecule has 0 spiro atoms. The topological polar surface area (TPSA) is 94.3 Å². The summed E-state index contributed by atoms with van der Waals surface area (Å²) in [5, 5.41) is 16.7. The lowest BCUT2D eigenvalue weighted by Crippen LogP contribution is -2.44. The Kier molecular flexibility index (Phi) is 3.19. The van der Waals surface area contributed by atoms with Gasteiger partial charge < -0.3 is 9.84 Å². The molecule has 7 nitrogen and oxygen atoms in total. The van der Waals surface area contributed by atoms with Crippen molar-refractivity contribution < 1.29 is 19.4 Å². The average molecular weight is 239 g/mol. The molecule has 0 saturated heterocycles. The Morgan fingerprint density at radius 1 is 1.71 bits per heavy atom. The first-order valence-electron chi connectivity index (χ1n) is 5.40. The van der Waals surface area contributed by atoms with Gasteiger partial charge in [-0.25, -0.2) is 4.79 Å². The molecule has 0 radical (unpaired) electrons. The van der Waals surface area contributed by atoms with Crippen LogP contribution in [0.15, 0.2) is 6.20 Å². The van der Waals surface area contributed by atoms with E-state index in [1.54, 1.807) is 6.92 Å². The van der Waals surface area contributed by atoms with E-state index in [9.17, 15) is 14.7 Å². The number of hydrogen-bond donors (Lipinski definition) is 1. The predicted molar refractivity (Wildman–Crippen MR) is 55.1 cm³/mol. The van der Waals surface area contributed by atoms with Crippen molar-refractivity contribution in [2.45, 2.75) is 26.0 Å². The van der Waals surface area contributed by atoms with Crippen molar-refractivity contribution in [3.8, 4) is 0 Å². The van der Waals surface area contributed by atoms with Gasteiger partial charge in [-0.2, -0.15) is 0 Å². The smallest absolute Gasteiger partial charge is 0.360 e. The molecule has 0 aromatic carbocycles. The maximum atomic E-state index is 11.3. The van der Waals surface area contributed by atoms with Crippen LogP contribution in [0.5, 0.6) is 0 Å². The lowest BCUT2D eigenvalue weighted by molar-refractivity contribution is -0.142. The molecular formula is C10H13N3O4. The fourth-order valence-corrected chi connectivity index (χ4v) is 1.68. The minimum atomic E-state index is -0.912. The van der Waals surface area contributed by atoms with E-state index in [4.69, 9.17) is 4.74 Å². The number of aromatic nitrogens is 3. The second-order valence-electron chi connectivity index (χ2n) is 3.92. The van der Waals surface area contributed by atoms with E-state index in [1.165, 1.54) is 10.9 Å². The first-order chi connectivity index (χ1) is 8.11. The third-order valence-corrected chi connectivity index (χ3v) is 2.68. The van der Waals surface area contributed by atoms with Crippen LogP contribution in [-0.4, -0.2) is 44.6 Å². The van der Waals surface area contributed by atoms with E-state index in [-0.39, 0.29) is 24.0 Å². The van der Waals surface area contributed by atoms with Crippen molar-refractivity contribution in [2.75, 3.05) is 6.61 Å². The summed E-state index contributed by atoms with van der Waals surface area (Å²) < 4.78 is 6.20. The van der Waals surface area contributed by atoms with Crippen molar-refractivity contribution in [3.05, 3.63) is 11.9 Å². The molecule has 92 valence electrons. The van der Waals surface area contributed by atoms with E-state index in [2.05, 4.69) is 10.3 Å². The predicted octanol–water partition coefficient (Wildman–Crippen LogP) is -0.595. The summed E-state index contributed by atoms with van der Waals surface area (Å²) in [5.41, 5.74) is 0.131. The number of hydrogen-bond acceptors (Lipinski definition) is 6. The summed E-state index contributed by atoms with van der Waals surface area (Å²) in [6, 6.07) is 0. The molecule has 1 heterocycles. The number of Topliss-reactive ketones (excluding diaryl/α,β-unsaturated/α-hetero) is 1. The molecule has 1 fully saturated rings. The second kappa shape index (κ2) is 4.62. The molecule has 0 amide bonds. The fraction of sp³-hybridized carbons (Fsp3) is 0.600. The maximum absolute atomic E-state index is 11.3. The normalized spacial score (nSPS) is 23.3. The highest BCUT2D eigenvalue weighted by atomic mass is 16.5. The largest absolute Gasteiger partial charge is 0.461 e. The van der Waals surface area contributed by atoms with Gasteiger partial charge in [0.1, 0.15) is 6.10 Å². The van der Waals surface area contributed by atoms with Crippen LogP contribution >= 0.6 is 0 Å². The van der Waals surface area contributed by atoms with Crippen LogP contribution in [0.25, 0.3) is 0 Å². The number of carbonyl (C=O) groups is 2. The first-order valence-corrected chi connectivity index (χ1v) is 5.40. The SMILES string of the molecule is CCOC(=O)c1cn(CC2CC(=O)C2O)nn1. The van der Waals surface area contributed by atoms with Gasteiger partial charge in [0.2, 0.25) is 0 Å². The zero-order valence-electron chi connectivity index (χ0n) is 9.37. The number of aliphatic hydroxyl groups is 1. The van der Waals surface area contributed by atoms with Gasteiger partial charge in [-0.15, -0.1) is 5.10 Å². The van der Waals surface area contributed by atoms with Crippen LogP contribution < -0.4 is 0 Å². The Morgan fingerprint density at radius 3 is 3.06 bits per heavy atom. The van der Waals surface area contributed by atoms with Crippen LogP contribution in [0.2, 0.25) is 0 Å². The molecule has 1 N–H and O–H groups in total. The van der Waals surface area contributed by atoms with Gasteiger partial charge in [-0.05, 0) is 6.92 Å². The summed E-state index contributed by atoms with van der Waals surface area (Å²) in [7, 11) is 0. The monoisotopic (exact) mass is 239 g/mol. The maximum Gasteiger partial charge on any atom is 0.360 e. The van der Waals surface area contributed by atoms with Gasteiger partial charge in [0.25, 0.3) is 0 Å². The van der Waals surface area contributed by atoms with Gasteiger partial charge in [-0.3, -0.25) is 9.48 Å². The molecule has 1 aliphatic carbocycles. The highest BCUT2D eigenvalue weighted by molar-refractivity contribution is 5.89. The molecular weight excluding hydrogens is 226 g/mol. The third kappa shape index (κ3) is 2.33. The fourth-order valence-electron chi connectivity index (χ4n) is 1.68. The van der Waals surface area contributed by atoms with E-state index in [0.29, 0.717) is 13.0 Å². The lowest BCUT2D eigenvalue weighted by atomic mass is 9.81. The molecule has 0 bridgehead atoms. The molecule has 1 aliphatic rings. The number of rotatable bonds is 4. The number of nitrogens with zero attached hydrogens (tertiary/aromatic N) is 3. The highest BCUT2D eigenvalue weighted by Crippen LogP contribution is 2.24. The van der Waals surface area contributed by atoms with Gasteiger partial charge >= 0.3 is 5.97 Å². The Bertz CT molecular complexity index is 443. The van der Waals surface area contributed by atoms with E-state index < -0.39 is 12.1 Å². The highest BCUT2D eigenvalue weighted by Gasteiger charge is 2.38. The van der Waals surface area contributed by atoms with E-state index >= 15 is 0 Å². The summed E-state index contributed by atoms with van der Waals surface area (Å²) in [6.07, 6.45) is 0.883. The van der Waals surface area contributed by atoms with Crippen molar-refractivity contribution in [3.63, 3.8) is 0 Å². The van der Waals surface area contributed by atoms with Crippen LogP contribution in [0.3, 0.4) is 0 Å². The van der Waals surface area contributed by atoms with Gasteiger partial charge in [0.05, 0.1) is 12.8 Å².